The van der Waals surface area contributed by atoms with Crippen molar-refractivity contribution in [3.63, 3.8) is 0 Å². The Bertz CT molecular complexity index is 1010. The molecule has 1 heterocycles. The molecule has 0 bridgehead atoms. The van der Waals surface area contributed by atoms with Gasteiger partial charge in [-0.2, -0.15) is 0 Å². The van der Waals surface area contributed by atoms with Crippen LogP contribution in [0, 0.1) is 0 Å². The molecule has 172 valence electrons. The van der Waals surface area contributed by atoms with Crippen molar-refractivity contribution in [1.29, 1.82) is 0 Å². The highest BCUT2D eigenvalue weighted by atomic mass is 16.5. The van der Waals surface area contributed by atoms with E-state index >= 15 is 0 Å². The number of phenolic OH excluding ortho intramolecular Hbond substituents is 2. The van der Waals surface area contributed by atoms with E-state index in [1.54, 1.807) is 4.90 Å². The molecule has 32 heavy (non-hydrogen) atoms. The van der Waals surface area contributed by atoms with Crippen LogP contribution < -0.4 is 15.4 Å². The number of phenols is 2. The van der Waals surface area contributed by atoms with Crippen LogP contribution in [0.4, 0.5) is 0 Å². The molecule has 2 amide bonds. The Hall–Kier alpha value is -3.26. The molecule has 2 aromatic rings. The van der Waals surface area contributed by atoms with Crippen molar-refractivity contribution in [3.8, 4) is 17.2 Å². The van der Waals surface area contributed by atoms with Crippen molar-refractivity contribution in [2.45, 2.75) is 39.3 Å². The topological polar surface area (TPSA) is 111 Å². The van der Waals surface area contributed by atoms with Crippen LogP contribution in [0.2, 0.25) is 0 Å². The summed E-state index contributed by atoms with van der Waals surface area (Å²) in [5.41, 5.74) is 2.22. The van der Waals surface area contributed by atoms with Gasteiger partial charge < -0.3 is 30.5 Å². The molecule has 0 aromatic heterocycles. The Morgan fingerprint density at radius 3 is 2.47 bits per heavy atom. The lowest BCUT2D eigenvalue weighted by molar-refractivity contribution is 0.0748. The van der Waals surface area contributed by atoms with E-state index in [1.807, 2.05) is 32.2 Å². The molecular weight excluding hydrogens is 410 g/mol. The van der Waals surface area contributed by atoms with Crippen LogP contribution in [0.25, 0.3) is 0 Å². The van der Waals surface area contributed by atoms with Gasteiger partial charge in [-0.05, 0) is 49.2 Å². The van der Waals surface area contributed by atoms with Gasteiger partial charge in [0, 0.05) is 32.2 Å². The number of aromatic hydroxyl groups is 2. The van der Waals surface area contributed by atoms with Gasteiger partial charge in [-0.25, -0.2) is 0 Å². The van der Waals surface area contributed by atoms with E-state index in [-0.39, 0.29) is 34.1 Å². The molecular formula is C24H31N3O5. The molecule has 0 saturated heterocycles. The highest BCUT2D eigenvalue weighted by molar-refractivity contribution is 6.04. The van der Waals surface area contributed by atoms with Gasteiger partial charge in [0.2, 0.25) is 0 Å². The molecule has 3 rings (SSSR count). The van der Waals surface area contributed by atoms with Crippen molar-refractivity contribution in [1.82, 2.24) is 15.5 Å². The molecule has 0 saturated carbocycles. The zero-order chi connectivity index (χ0) is 23.3. The second kappa shape index (κ2) is 10.4. The number of nitrogens with zero attached hydrogens (tertiary/aromatic N) is 1. The number of likely N-dealkylation sites (N-methyl/N-ethyl adjacent to an activating group) is 1. The van der Waals surface area contributed by atoms with Crippen LogP contribution in [0.3, 0.4) is 0 Å². The summed E-state index contributed by atoms with van der Waals surface area (Å²) in [6, 6.07) is 7.03. The van der Waals surface area contributed by atoms with E-state index in [9.17, 15) is 19.8 Å². The molecule has 1 aliphatic rings. The number of amides is 2. The van der Waals surface area contributed by atoms with Crippen LogP contribution in [-0.2, 0) is 19.5 Å². The first-order valence-electron chi connectivity index (χ1n) is 10.9. The van der Waals surface area contributed by atoms with Crippen LogP contribution in [0.1, 0.15) is 57.2 Å². The van der Waals surface area contributed by atoms with E-state index in [2.05, 4.69) is 10.6 Å². The minimum atomic E-state index is -0.512. The lowest BCUT2D eigenvalue weighted by Gasteiger charge is -2.19. The SMILES string of the molecule is CCCCc1c(O)c(C(=O)NC)cc(C(=O)N2Cc3ccc(OCCNC)cc3C2)c1O. The number of hydrogen-bond acceptors (Lipinski definition) is 6. The maximum atomic E-state index is 13.3. The average molecular weight is 442 g/mol. The first-order chi connectivity index (χ1) is 15.4. The number of ether oxygens (including phenoxy) is 1. The summed E-state index contributed by atoms with van der Waals surface area (Å²) < 4.78 is 5.71. The smallest absolute Gasteiger partial charge is 0.258 e. The number of benzene rings is 2. The van der Waals surface area contributed by atoms with E-state index in [1.165, 1.54) is 13.1 Å². The summed E-state index contributed by atoms with van der Waals surface area (Å²) in [6.07, 6.45) is 1.91. The van der Waals surface area contributed by atoms with Gasteiger partial charge in [0.25, 0.3) is 11.8 Å². The van der Waals surface area contributed by atoms with Crippen LogP contribution >= 0.6 is 0 Å². The Balaban J connectivity index is 1.88. The summed E-state index contributed by atoms with van der Waals surface area (Å²) >= 11 is 0. The van der Waals surface area contributed by atoms with Crippen molar-refractivity contribution in [2.75, 3.05) is 27.2 Å². The third kappa shape index (κ3) is 4.80. The van der Waals surface area contributed by atoms with Crippen molar-refractivity contribution >= 4 is 11.8 Å². The Morgan fingerprint density at radius 1 is 1.06 bits per heavy atom. The summed E-state index contributed by atoms with van der Waals surface area (Å²) in [6.45, 7) is 4.03. The number of unbranched alkanes of at least 4 members (excludes halogenated alkanes) is 1. The van der Waals surface area contributed by atoms with Crippen molar-refractivity contribution in [2.24, 2.45) is 0 Å². The highest BCUT2D eigenvalue weighted by Crippen LogP contribution is 2.37. The van der Waals surface area contributed by atoms with Gasteiger partial charge >= 0.3 is 0 Å². The predicted molar refractivity (Wildman–Crippen MR) is 121 cm³/mol. The molecule has 4 N–H and O–H groups in total. The maximum absolute atomic E-state index is 13.3. The number of rotatable bonds is 9. The minimum Gasteiger partial charge on any atom is -0.507 e. The molecule has 0 radical (unpaired) electrons. The molecule has 2 aromatic carbocycles. The van der Waals surface area contributed by atoms with E-state index in [4.69, 9.17) is 4.74 Å². The van der Waals surface area contributed by atoms with E-state index < -0.39 is 5.91 Å². The second-order valence-electron chi connectivity index (χ2n) is 7.87. The third-order valence-corrected chi connectivity index (χ3v) is 5.66. The van der Waals surface area contributed by atoms with Crippen LogP contribution in [0.15, 0.2) is 24.3 Å². The van der Waals surface area contributed by atoms with Crippen molar-refractivity contribution < 1.29 is 24.5 Å². The fourth-order valence-corrected chi connectivity index (χ4v) is 3.83. The van der Waals surface area contributed by atoms with Crippen LogP contribution in [0.5, 0.6) is 17.2 Å². The zero-order valence-electron chi connectivity index (χ0n) is 18.8. The number of carbonyl (C=O) groups is 2. The number of nitrogens with one attached hydrogen (secondary N) is 2. The van der Waals surface area contributed by atoms with E-state index in [0.717, 1.165) is 29.8 Å². The lowest BCUT2D eigenvalue weighted by atomic mass is 9.97. The van der Waals surface area contributed by atoms with Gasteiger partial charge in [0.15, 0.2) is 0 Å². The Morgan fingerprint density at radius 2 is 1.78 bits per heavy atom. The van der Waals surface area contributed by atoms with Gasteiger partial charge in [0.1, 0.15) is 23.9 Å². The standard InChI is InChI=1S/C24H31N3O5/c1-4-5-6-18-21(28)19(23(30)26-3)12-20(22(18)29)24(31)27-13-15-7-8-17(11-16(15)14-27)32-10-9-25-2/h7-8,11-12,25,28-29H,4-6,9-10,13-14H2,1-3H3,(H,26,30). The van der Waals surface area contributed by atoms with Crippen LogP contribution in [-0.4, -0.2) is 54.2 Å². The molecule has 0 spiro atoms. The van der Waals surface area contributed by atoms with Gasteiger partial charge in [0.05, 0.1) is 11.1 Å². The fourth-order valence-electron chi connectivity index (χ4n) is 3.83. The minimum absolute atomic E-state index is 0.0170. The Kier molecular flexibility index (Phi) is 7.58. The number of fused-ring (bicyclic) bond motifs is 1. The first-order valence-corrected chi connectivity index (χ1v) is 10.9. The normalized spacial score (nSPS) is 12.5. The quantitative estimate of drug-likeness (QED) is 0.445. The monoisotopic (exact) mass is 441 g/mol. The third-order valence-electron chi connectivity index (χ3n) is 5.66. The maximum Gasteiger partial charge on any atom is 0.258 e. The Labute approximate surface area is 188 Å². The van der Waals surface area contributed by atoms with Crippen molar-refractivity contribution in [3.05, 3.63) is 52.1 Å². The molecule has 8 nitrogen and oxygen atoms in total. The summed E-state index contributed by atoms with van der Waals surface area (Å²) in [4.78, 5) is 27.3. The summed E-state index contributed by atoms with van der Waals surface area (Å²) in [7, 11) is 3.31. The first kappa shape index (κ1) is 23.4. The second-order valence-corrected chi connectivity index (χ2v) is 7.87. The molecule has 0 aliphatic carbocycles. The fraction of sp³-hybridized carbons (Fsp3) is 0.417. The number of carbonyl (C=O) groups excluding carboxylic acids is 2. The highest BCUT2D eigenvalue weighted by Gasteiger charge is 2.30. The van der Waals surface area contributed by atoms with E-state index in [0.29, 0.717) is 32.5 Å². The molecule has 0 atom stereocenters. The van der Waals surface area contributed by atoms with Gasteiger partial charge in [-0.15, -0.1) is 0 Å². The lowest BCUT2D eigenvalue weighted by Crippen LogP contribution is -2.26. The predicted octanol–water partition coefficient (Wildman–Crippen LogP) is 2.55. The zero-order valence-corrected chi connectivity index (χ0v) is 18.8. The molecule has 0 fully saturated rings. The largest absolute Gasteiger partial charge is 0.507 e. The summed E-state index contributed by atoms with van der Waals surface area (Å²) in [5, 5.41) is 26.9. The van der Waals surface area contributed by atoms with Gasteiger partial charge in [-0.3, -0.25) is 9.59 Å². The molecule has 0 unspecified atom stereocenters. The molecule has 8 heteroatoms. The summed E-state index contributed by atoms with van der Waals surface area (Å²) in [5.74, 6) is -0.702. The van der Waals surface area contributed by atoms with Gasteiger partial charge in [-0.1, -0.05) is 19.4 Å². The number of hydrogen-bond donors (Lipinski definition) is 4. The average Bonchev–Trinajstić information content (AvgIpc) is 3.22. The molecule has 1 aliphatic heterocycles.